The van der Waals surface area contributed by atoms with Gasteiger partial charge in [0.1, 0.15) is 12.2 Å². The fourth-order valence-electron chi connectivity index (χ4n) is 1.17. The molecule has 0 aromatic heterocycles. The average molecular weight is 229 g/mol. The zero-order valence-corrected chi connectivity index (χ0v) is 9.20. The van der Waals surface area contributed by atoms with Gasteiger partial charge in [0.2, 0.25) is 0 Å². The monoisotopic (exact) mass is 228 g/mol. The Morgan fingerprint density at radius 1 is 1.47 bits per heavy atom. The summed E-state index contributed by atoms with van der Waals surface area (Å²) >= 11 is 5.69. The molecule has 1 atom stereocenters. The number of halogens is 1. The molecule has 0 aliphatic rings. The highest BCUT2D eigenvalue weighted by molar-refractivity contribution is 6.18. The van der Waals surface area contributed by atoms with E-state index >= 15 is 0 Å². The molecule has 0 spiro atoms. The molecule has 0 fully saturated rings. The van der Waals surface area contributed by atoms with E-state index < -0.39 is 11.6 Å². The van der Waals surface area contributed by atoms with Crippen LogP contribution in [0.25, 0.3) is 0 Å². The first-order valence-electron chi connectivity index (χ1n) is 4.56. The number of ether oxygens (including phenoxy) is 1. The molecule has 0 unspecified atom stereocenters. The molecule has 15 heavy (non-hydrogen) atoms. The number of aliphatic hydroxyl groups is 1. The second-order valence-corrected chi connectivity index (χ2v) is 3.58. The Kier molecular flexibility index (Phi) is 4.12. The summed E-state index contributed by atoms with van der Waals surface area (Å²) in [6, 6.07) is 8.91. The molecule has 1 rings (SSSR count). The molecule has 1 aromatic carbocycles. The van der Waals surface area contributed by atoms with Crippen molar-refractivity contribution in [3.8, 4) is 0 Å². The molecule has 1 aromatic rings. The first-order chi connectivity index (χ1) is 7.08. The van der Waals surface area contributed by atoms with Gasteiger partial charge in [-0.05, 0) is 5.56 Å². The molecular weight excluding hydrogens is 216 g/mol. The van der Waals surface area contributed by atoms with Crippen molar-refractivity contribution in [1.29, 1.82) is 0 Å². The van der Waals surface area contributed by atoms with Crippen LogP contribution in [0.5, 0.6) is 0 Å². The van der Waals surface area contributed by atoms with Crippen molar-refractivity contribution < 1.29 is 14.6 Å². The largest absolute Gasteiger partial charge is 0.462 e. The topological polar surface area (TPSA) is 46.5 Å². The molecule has 0 saturated heterocycles. The summed E-state index contributed by atoms with van der Waals surface area (Å²) in [7, 11) is 0. The lowest BCUT2D eigenvalue weighted by molar-refractivity contribution is -0.148. The lowest BCUT2D eigenvalue weighted by Crippen LogP contribution is -2.34. The molecule has 3 nitrogen and oxygen atoms in total. The van der Waals surface area contributed by atoms with Gasteiger partial charge in [0.25, 0.3) is 0 Å². The smallest absolute Gasteiger partial charge is 0.302 e. The van der Waals surface area contributed by atoms with Crippen molar-refractivity contribution in [2.24, 2.45) is 0 Å². The van der Waals surface area contributed by atoms with Crippen molar-refractivity contribution in [3.05, 3.63) is 35.9 Å². The van der Waals surface area contributed by atoms with Crippen LogP contribution >= 0.6 is 11.6 Å². The van der Waals surface area contributed by atoms with Crippen molar-refractivity contribution in [2.75, 3.05) is 12.5 Å². The molecular formula is C11H13ClO3. The Labute approximate surface area is 93.6 Å². The first-order valence-corrected chi connectivity index (χ1v) is 5.09. The molecule has 1 N–H and O–H groups in total. The number of esters is 1. The Morgan fingerprint density at radius 2 is 2.07 bits per heavy atom. The van der Waals surface area contributed by atoms with Crippen molar-refractivity contribution >= 4 is 17.6 Å². The highest BCUT2D eigenvalue weighted by Gasteiger charge is 2.29. The maximum Gasteiger partial charge on any atom is 0.302 e. The lowest BCUT2D eigenvalue weighted by atomic mass is 9.97. The number of benzene rings is 1. The van der Waals surface area contributed by atoms with Gasteiger partial charge in [0.05, 0.1) is 5.88 Å². The van der Waals surface area contributed by atoms with E-state index in [1.807, 2.05) is 6.07 Å². The fourth-order valence-corrected chi connectivity index (χ4v) is 1.40. The summed E-state index contributed by atoms with van der Waals surface area (Å²) < 4.78 is 4.78. The van der Waals surface area contributed by atoms with Crippen LogP contribution in [-0.2, 0) is 15.1 Å². The number of hydrogen-bond donors (Lipinski definition) is 1. The second kappa shape index (κ2) is 5.14. The van der Waals surface area contributed by atoms with Gasteiger partial charge in [-0.2, -0.15) is 0 Å². The average Bonchev–Trinajstić information content (AvgIpc) is 2.27. The molecule has 0 aliphatic heterocycles. The zero-order chi connectivity index (χ0) is 11.3. The second-order valence-electron chi connectivity index (χ2n) is 3.31. The predicted octanol–water partition coefficient (Wildman–Crippen LogP) is 1.68. The molecule has 0 heterocycles. The van der Waals surface area contributed by atoms with Gasteiger partial charge in [0.15, 0.2) is 0 Å². The molecule has 0 aliphatic carbocycles. The molecule has 4 heteroatoms. The standard InChI is InChI=1S/C11H13ClO3/c1-9(13)15-8-11(14,7-12)10-5-3-2-4-6-10/h2-6,14H,7-8H2,1H3/t11-/m0/s1. The molecule has 0 amide bonds. The van der Waals surface area contributed by atoms with Crippen LogP contribution in [0.2, 0.25) is 0 Å². The van der Waals surface area contributed by atoms with E-state index in [0.717, 1.165) is 0 Å². The predicted molar refractivity (Wildman–Crippen MR) is 57.7 cm³/mol. The number of carbonyl (C=O) groups excluding carboxylic acids is 1. The maximum atomic E-state index is 10.7. The van der Waals surface area contributed by atoms with Gasteiger partial charge in [-0.1, -0.05) is 30.3 Å². The van der Waals surface area contributed by atoms with Crippen LogP contribution in [-0.4, -0.2) is 23.6 Å². The highest BCUT2D eigenvalue weighted by Crippen LogP contribution is 2.22. The van der Waals surface area contributed by atoms with Gasteiger partial charge in [-0.3, -0.25) is 4.79 Å². The highest BCUT2D eigenvalue weighted by atomic mass is 35.5. The maximum absolute atomic E-state index is 10.7. The Hall–Kier alpha value is -1.06. The number of carbonyl (C=O) groups is 1. The van der Waals surface area contributed by atoms with Crippen LogP contribution < -0.4 is 0 Å². The van der Waals surface area contributed by atoms with Crippen LogP contribution in [0.3, 0.4) is 0 Å². The first kappa shape index (κ1) is 12.0. The summed E-state index contributed by atoms with van der Waals surface area (Å²) in [6.45, 7) is 1.16. The van der Waals surface area contributed by atoms with E-state index in [1.54, 1.807) is 24.3 Å². The van der Waals surface area contributed by atoms with Crippen molar-refractivity contribution in [3.63, 3.8) is 0 Å². The number of alkyl halides is 1. The Balaban J connectivity index is 2.80. The Morgan fingerprint density at radius 3 is 2.53 bits per heavy atom. The zero-order valence-electron chi connectivity index (χ0n) is 8.44. The number of rotatable bonds is 4. The van der Waals surface area contributed by atoms with E-state index in [2.05, 4.69) is 0 Å². The van der Waals surface area contributed by atoms with Gasteiger partial charge < -0.3 is 9.84 Å². The van der Waals surface area contributed by atoms with E-state index in [1.165, 1.54) is 6.92 Å². The summed E-state index contributed by atoms with van der Waals surface area (Å²) in [5.74, 6) is -0.459. The van der Waals surface area contributed by atoms with E-state index in [4.69, 9.17) is 16.3 Å². The lowest BCUT2D eigenvalue weighted by Gasteiger charge is -2.25. The normalized spacial score (nSPS) is 14.3. The summed E-state index contributed by atoms with van der Waals surface area (Å²) in [4.78, 5) is 10.7. The SMILES string of the molecule is CC(=O)OC[C@@](O)(CCl)c1ccccc1. The van der Waals surface area contributed by atoms with E-state index in [9.17, 15) is 9.90 Å². The van der Waals surface area contributed by atoms with E-state index in [-0.39, 0.29) is 12.5 Å². The third-order valence-corrected chi connectivity index (χ3v) is 2.49. The summed E-state index contributed by atoms with van der Waals surface area (Å²) in [5, 5.41) is 10.1. The quantitative estimate of drug-likeness (QED) is 0.630. The van der Waals surface area contributed by atoms with Crippen LogP contribution in [0.4, 0.5) is 0 Å². The Bertz CT molecular complexity index is 326. The minimum Gasteiger partial charge on any atom is -0.462 e. The third kappa shape index (κ3) is 3.22. The minimum atomic E-state index is -1.31. The van der Waals surface area contributed by atoms with Gasteiger partial charge in [-0.15, -0.1) is 11.6 Å². The fraction of sp³-hybridized carbons (Fsp3) is 0.364. The molecule has 82 valence electrons. The van der Waals surface area contributed by atoms with Crippen LogP contribution in [0.1, 0.15) is 12.5 Å². The molecule has 0 radical (unpaired) electrons. The minimum absolute atomic E-state index is 0.0235. The summed E-state index contributed by atoms with van der Waals surface area (Å²) in [5.41, 5.74) is -0.671. The van der Waals surface area contributed by atoms with Crippen molar-refractivity contribution in [1.82, 2.24) is 0 Å². The van der Waals surface area contributed by atoms with Crippen LogP contribution in [0, 0.1) is 0 Å². The van der Waals surface area contributed by atoms with Gasteiger partial charge >= 0.3 is 5.97 Å². The summed E-state index contributed by atoms with van der Waals surface area (Å²) in [6.07, 6.45) is 0. The van der Waals surface area contributed by atoms with Gasteiger partial charge in [0, 0.05) is 6.92 Å². The molecule has 0 bridgehead atoms. The third-order valence-electron chi connectivity index (χ3n) is 2.05. The number of hydrogen-bond acceptors (Lipinski definition) is 3. The van der Waals surface area contributed by atoms with E-state index in [0.29, 0.717) is 5.56 Å². The van der Waals surface area contributed by atoms with Crippen molar-refractivity contribution in [2.45, 2.75) is 12.5 Å². The van der Waals surface area contributed by atoms with Gasteiger partial charge in [-0.25, -0.2) is 0 Å². The molecule has 0 saturated carbocycles. The van der Waals surface area contributed by atoms with Crippen LogP contribution in [0.15, 0.2) is 30.3 Å².